The number of piperidine rings is 2. The number of carbonyl (C=O) groups excluding carboxylic acids is 1. The van der Waals surface area contributed by atoms with E-state index in [1.165, 1.54) is 5.56 Å². The summed E-state index contributed by atoms with van der Waals surface area (Å²) in [6.07, 6.45) is 5.40. The van der Waals surface area contributed by atoms with Gasteiger partial charge in [-0.1, -0.05) is 23.4 Å². The molecule has 2 aromatic rings. The highest BCUT2D eigenvalue weighted by Gasteiger charge is 2.32. The van der Waals surface area contributed by atoms with Crippen LogP contribution in [0.4, 0.5) is 5.69 Å². The van der Waals surface area contributed by atoms with E-state index in [9.17, 15) is 4.79 Å². The van der Waals surface area contributed by atoms with E-state index in [0.29, 0.717) is 5.91 Å². The fraction of sp³-hybridized carbons (Fsp3) is 0.500. The van der Waals surface area contributed by atoms with E-state index in [4.69, 9.17) is 15.7 Å². The molecule has 1 amide bonds. The van der Waals surface area contributed by atoms with Crippen LogP contribution in [0.3, 0.4) is 0 Å². The van der Waals surface area contributed by atoms with E-state index in [1.54, 1.807) is 13.3 Å². The van der Waals surface area contributed by atoms with Crippen LogP contribution in [-0.2, 0) is 16.2 Å². The SMILES string of the molecule is CO.CO/N=C(/c1ccccn1)C1CCN(C(=O)C2CCN(Cc3cccc(N)c3)CC2)CC1. The van der Waals surface area contributed by atoms with E-state index in [1.807, 2.05) is 36.4 Å². The molecule has 3 N–H and O–H groups in total. The summed E-state index contributed by atoms with van der Waals surface area (Å²) in [4.78, 5) is 27.2. The minimum absolute atomic E-state index is 0.131. The molecule has 184 valence electrons. The number of pyridine rings is 1. The summed E-state index contributed by atoms with van der Waals surface area (Å²) in [6.45, 7) is 4.33. The number of aromatic nitrogens is 1. The highest BCUT2D eigenvalue weighted by molar-refractivity contribution is 6.00. The van der Waals surface area contributed by atoms with Crippen molar-refractivity contribution >= 4 is 17.3 Å². The van der Waals surface area contributed by atoms with Crippen LogP contribution in [0, 0.1) is 11.8 Å². The summed E-state index contributed by atoms with van der Waals surface area (Å²) in [5.74, 6) is 0.704. The van der Waals surface area contributed by atoms with Gasteiger partial charge in [0, 0.05) is 50.5 Å². The molecule has 2 aliphatic rings. The molecule has 4 rings (SSSR count). The molecule has 0 aliphatic carbocycles. The van der Waals surface area contributed by atoms with Gasteiger partial charge in [-0.15, -0.1) is 0 Å². The molecule has 0 radical (unpaired) electrons. The third kappa shape index (κ3) is 6.77. The Morgan fingerprint density at radius 2 is 1.76 bits per heavy atom. The third-order valence-corrected chi connectivity index (χ3v) is 6.60. The van der Waals surface area contributed by atoms with Crippen molar-refractivity contribution in [1.29, 1.82) is 0 Å². The molecular formula is C26H37N5O3. The van der Waals surface area contributed by atoms with Gasteiger partial charge in [0.25, 0.3) is 0 Å². The first-order valence-electron chi connectivity index (χ1n) is 12.0. The van der Waals surface area contributed by atoms with Gasteiger partial charge in [0.15, 0.2) is 0 Å². The smallest absolute Gasteiger partial charge is 0.225 e. The number of likely N-dealkylation sites (tertiary alicyclic amines) is 2. The maximum absolute atomic E-state index is 13.2. The van der Waals surface area contributed by atoms with Gasteiger partial charge in [-0.25, -0.2) is 0 Å². The Kier molecular flexibility index (Phi) is 9.85. The zero-order valence-electron chi connectivity index (χ0n) is 20.3. The molecule has 2 aliphatic heterocycles. The number of anilines is 1. The Labute approximate surface area is 202 Å². The Bertz CT molecular complexity index is 921. The Hall–Kier alpha value is -2.97. The van der Waals surface area contributed by atoms with Crippen LogP contribution in [0.2, 0.25) is 0 Å². The van der Waals surface area contributed by atoms with Gasteiger partial charge >= 0.3 is 0 Å². The second-order valence-corrected chi connectivity index (χ2v) is 8.77. The van der Waals surface area contributed by atoms with Crippen LogP contribution in [0.25, 0.3) is 0 Å². The lowest BCUT2D eigenvalue weighted by molar-refractivity contribution is -0.138. The van der Waals surface area contributed by atoms with E-state index < -0.39 is 0 Å². The first-order chi connectivity index (χ1) is 16.6. The first-order valence-corrected chi connectivity index (χ1v) is 12.0. The quantitative estimate of drug-likeness (QED) is 0.385. The highest BCUT2D eigenvalue weighted by Crippen LogP contribution is 2.26. The number of hydrogen-bond donors (Lipinski definition) is 2. The topological polar surface area (TPSA) is 104 Å². The molecule has 0 unspecified atom stereocenters. The van der Waals surface area contributed by atoms with Crippen LogP contribution in [0.1, 0.15) is 36.9 Å². The number of hydrogen-bond acceptors (Lipinski definition) is 7. The molecule has 34 heavy (non-hydrogen) atoms. The molecule has 0 bridgehead atoms. The maximum atomic E-state index is 13.2. The van der Waals surface area contributed by atoms with Gasteiger partial charge in [0.2, 0.25) is 5.91 Å². The summed E-state index contributed by atoms with van der Waals surface area (Å²) in [5.41, 5.74) is 9.68. The van der Waals surface area contributed by atoms with Crippen LogP contribution < -0.4 is 5.73 Å². The normalized spacial score (nSPS) is 18.2. The van der Waals surface area contributed by atoms with Crippen molar-refractivity contribution in [1.82, 2.24) is 14.8 Å². The average molecular weight is 468 g/mol. The van der Waals surface area contributed by atoms with E-state index >= 15 is 0 Å². The highest BCUT2D eigenvalue weighted by atomic mass is 16.6. The summed E-state index contributed by atoms with van der Waals surface area (Å²) >= 11 is 0. The van der Waals surface area contributed by atoms with Crippen LogP contribution >= 0.6 is 0 Å². The lowest BCUT2D eigenvalue weighted by Crippen LogP contribution is -2.46. The maximum Gasteiger partial charge on any atom is 0.225 e. The van der Waals surface area contributed by atoms with Crippen molar-refractivity contribution in [3.05, 3.63) is 59.9 Å². The predicted octanol–water partition coefficient (Wildman–Crippen LogP) is 2.77. The zero-order chi connectivity index (χ0) is 24.3. The van der Waals surface area contributed by atoms with Gasteiger partial charge in [-0.05, 0) is 68.6 Å². The van der Waals surface area contributed by atoms with Crippen molar-refractivity contribution in [3.8, 4) is 0 Å². The minimum atomic E-state index is 0.131. The van der Waals surface area contributed by atoms with Crippen molar-refractivity contribution < 1.29 is 14.7 Å². The minimum Gasteiger partial charge on any atom is -0.400 e. The molecule has 1 aromatic heterocycles. The Morgan fingerprint density at radius 3 is 2.38 bits per heavy atom. The number of nitrogen functional groups attached to an aromatic ring is 1. The lowest BCUT2D eigenvalue weighted by Gasteiger charge is -2.37. The van der Waals surface area contributed by atoms with Gasteiger partial charge in [-0.3, -0.25) is 14.7 Å². The Balaban J connectivity index is 0.00000158. The van der Waals surface area contributed by atoms with Gasteiger partial charge in [0.05, 0.1) is 5.69 Å². The number of benzene rings is 1. The van der Waals surface area contributed by atoms with E-state index in [0.717, 1.165) is 82.6 Å². The second-order valence-electron chi connectivity index (χ2n) is 8.77. The molecule has 0 saturated carbocycles. The number of amides is 1. The molecule has 3 heterocycles. The zero-order valence-corrected chi connectivity index (χ0v) is 20.3. The third-order valence-electron chi connectivity index (χ3n) is 6.60. The molecule has 1 aromatic carbocycles. The van der Waals surface area contributed by atoms with Gasteiger partial charge in [0.1, 0.15) is 12.8 Å². The van der Waals surface area contributed by atoms with Crippen molar-refractivity contribution in [2.24, 2.45) is 17.0 Å². The van der Waals surface area contributed by atoms with E-state index in [-0.39, 0.29) is 11.8 Å². The molecule has 2 saturated heterocycles. The largest absolute Gasteiger partial charge is 0.400 e. The summed E-state index contributed by atoms with van der Waals surface area (Å²) in [7, 11) is 2.57. The molecular weight excluding hydrogens is 430 g/mol. The van der Waals surface area contributed by atoms with Crippen molar-refractivity contribution in [2.45, 2.75) is 32.2 Å². The van der Waals surface area contributed by atoms with Crippen LogP contribution in [-0.4, -0.2) is 71.9 Å². The number of nitrogens with two attached hydrogens (primary N) is 1. The molecule has 8 heteroatoms. The average Bonchev–Trinajstić information content (AvgIpc) is 2.89. The van der Waals surface area contributed by atoms with E-state index in [2.05, 4.69) is 26.0 Å². The number of aliphatic hydroxyl groups excluding tert-OH is 1. The summed E-state index contributed by atoms with van der Waals surface area (Å²) in [6, 6.07) is 13.9. The molecule has 0 spiro atoms. The second kappa shape index (κ2) is 13.1. The van der Waals surface area contributed by atoms with Crippen LogP contribution in [0.15, 0.2) is 53.8 Å². The fourth-order valence-corrected chi connectivity index (χ4v) is 4.86. The summed E-state index contributed by atoms with van der Waals surface area (Å²) < 4.78 is 0. The lowest BCUT2D eigenvalue weighted by atomic mass is 9.88. The predicted molar refractivity (Wildman–Crippen MR) is 134 cm³/mol. The summed E-state index contributed by atoms with van der Waals surface area (Å²) in [5, 5.41) is 11.3. The Morgan fingerprint density at radius 1 is 1.06 bits per heavy atom. The van der Waals surface area contributed by atoms with Gasteiger partial charge in [-0.2, -0.15) is 0 Å². The molecule has 0 atom stereocenters. The number of nitrogens with zero attached hydrogens (tertiary/aromatic N) is 4. The standard InChI is InChI=1S/C25H33N5O2.CH4O/c1-32-28-24(23-7-2-3-12-27-23)20-10-15-30(16-11-20)25(31)21-8-13-29(14-9-21)18-19-5-4-6-22(26)17-19;1-2/h2-7,12,17,20-21H,8-11,13-16,18,26H2,1H3;2H,1H3/b28-24+;. The van der Waals surface area contributed by atoms with Gasteiger partial charge < -0.3 is 20.6 Å². The van der Waals surface area contributed by atoms with Crippen molar-refractivity contribution in [3.63, 3.8) is 0 Å². The number of oxime groups is 1. The molecule has 8 nitrogen and oxygen atoms in total. The first kappa shape index (κ1) is 25.6. The monoisotopic (exact) mass is 467 g/mol. The fourth-order valence-electron chi connectivity index (χ4n) is 4.86. The van der Waals surface area contributed by atoms with Crippen molar-refractivity contribution in [2.75, 3.05) is 46.1 Å². The number of rotatable bonds is 6. The number of aliphatic hydroxyl groups is 1. The number of carbonyl (C=O) groups is 1. The van der Waals surface area contributed by atoms with Crippen LogP contribution in [0.5, 0.6) is 0 Å². The molecule has 2 fully saturated rings.